The lowest BCUT2D eigenvalue weighted by molar-refractivity contribution is 0.0955. The first-order chi connectivity index (χ1) is 14.1. The minimum Gasteiger partial charge on any atom is -0.343 e. The number of benzene rings is 3. The second-order valence-corrected chi connectivity index (χ2v) is 6.96. The molecule has 0 bridgehead atoms. The van der Waals surface area contributed by atoms with Crippen molar-refractivity contribution in [1.29, 1.82) is 0 Å². The Kier molecular flexibility index (Phi) is 5.20. The van der Waals surface area contributed by atoms with Crippen LogP contribution in [-0.2, 0) is 6.54 Å². The van der Waals surface area contributed by atoms with E-state index in [4.69, 9.17) is 0 Å². The standard InChI is InChI=1S/C24H20FN3O/c1-17-5-8-20(9-6-17)24(29)27-26-15-18-7-10-23-21(13-18)11-12-28(23)16-19-3-2-4-22(25)14-19/h2-15H,16H2,1H3,(H,27,29)/b26-15+. The number of hydrogen-bond acceptors (Lipinski definition) is 2. The van der Waals surface area contributed by atoms with Crippen LogP contribution < -0.4 is 5.43 Å². The monoisotopic (exact) mass is 385 g/mol. The van der Waals surface area contributed by atoms with E-state index in [0.29, 0.717) is 12.1 Å². The molecule has 0 unspecified atom stereocenters. The van der Waals surface area contributed by atoms with E-state index in [1.54, 1.807) is 30.5 Å². The number of aromatic nitrogens is 1. The molecule has 29 heavy (non-hydrogen) atoms. The number of aryl methyl sites for hydroxylation is 1. The van der Waals surface area contributed by atoms with E-state index in [1.165, 1.54) is 6.07 Å². The minimum atomic E-state index is -0.247. The van der Waals surface area contributed by atoms with E-state index in [9.17, 15) is 9.18 Å². The Morgan fingerprint density at radius 3 is 2.69 bits per heavy atom. The predicted octanol–water partition coefficient (Wildman–Crippen LogP) is 4.90. The molecule has 3 aromatic carbocycles. The summed E-state index contributed by atoms with van der Waals surface area (Å²) >= 11 is 0. The molecule has 0 saturated carbocycles. The van der Waals surface area contributed by atoms with Crippen LogP contribution in [0.3, 0.4) is 0 Å². The van der Waals surface area contributed by atoms with Gasteiger partial charge in [0.15, 0.2) is 0 Å². The molecular weight excluding hydrogens is 365 g/mol. The Hall–Kier alpha value is -3.73. The third kappa shape index (κ3) is 4.41. The Morgan fingerprint density at radius 1 is 1.07 bits per heavy atom. The third-order valence-corrected chi connectivity index (χ3v) is 4.73. The van der Waals surface area contributed by atoms with Gasteiger partial charge in [-0.25, -0.2) is 9.82 Å². The second-order valence-electron chi connectivity index (χ2n) is 6.96. The van der Waals surface area contributed by atoms with Crippen LogP contribution in [0.25, 0.3) is 10.9 Å². The molecule has 0 radical (unpaired) electrons. The van der Waals surface area contributed by atoms with Gasteiger partial charge in [-0.1, -0.05) is 35.9 Å². The lowest BCUT2D eigenvalue weighted by Gasteiger charge is -2.06. The van der Waals surface area contributed by atoms with Crippen LogP contribution in [0.1, 0.15) is 27.0 Å². The van der Waals surface area contributed by atoms with E-state index >= 15 is 0 Å². The summed E-state index contributed by atoms with van der Waals surface area (Å²) in [5.41, 5.74) is 7.05. The summed E-state index contributed by atoms with van der Waals surface area (Å²) in [6.45, 7) is 2.57. The molecule has 1 aromatic heterocycles. The van der Waals surface area contributed by atoms with Gasteiger partial charge < -0.3 is 4.57 Å². The number of fused-ring (bicyclic) bond motifs is 1. The number of nitrogens with zero attached hydrogens (tertiary/aromatic N) is 2. The maximum absolute atomic E-state index is 13.4. The summed E-state index contributed by atoms with van der Waals surface area (Å²) in [4.78, 5) is 12.1. The summed E-state index contributed by atoms with van der Waals surface area (Å²) in [5, 5.41) is 5.11. The average molecular weight is 385 g/mol. The van der Waals surface area contributed by atoms with Crippen molar-refractivity contribution >= 4 is 23.0 Å². The Morgan fingerprint density at radius 2 is 1.90 bits per heavy atom. The van der Waals surface area contributed by atoms with E-state index in [0.717, 1.165) is 27.6 Å². The molecule has 0 atom stereocenters. The molecule has 4 nitrogen and oxygen atoms in total. The highest BCUT2D eigenvalue weighted by molar-refractivity contribution is 5.95. The highest BCUT2D eigenvalue weighted by Gasteiger charge is 2.05. The highest BCUT2D eigenvalue weighted by atomic mass is 19.1. The van der Waals surface area contributed by atoms with E-state index in [2.05, 4.69) is 15.1 Å². The summed E-state index contributed by atoms with van der Waals surface area (Å²) in [7, 11) is 0. The van der Waals surface area contributed by atoms with Crippen LogP contribution in [0.2, 0.25) is 0 Å². The van der Waals surface area contributed by atoms with Crippen molar-refractivity contribution < 1.29 is 9.18 Å². The first kappa shape index (κ1) is 18.6. The number of rotatable bonds is 5. The van der Waals surface area contributed by atoms with Gasteiger partial charge in [-0.3, -0.25) is 4.79 Å². The lowest BCUT2D eigenvalue weighted by atomic mass is 10.1. The van der Waals surface area contributed by atoms with Crippen molar-refractivity contribution in [3.05, 3.63) is 107 Å². The normalized spacial score (nSPS) is 11.2. The quantitative estimate of drug-likeness (QED) is 0.385. The van der Waals surface area contributed by atoms with Crippen LogP contribution in [-0.4, -0.2) is 16.7 Å². The van der Waals surface area contributed by atoms with Crippen molar-refractivity contribution in [2.24, 2.45) is 5.10 Å². The fourth-order valence-electron chi connectivity index (χ4n) is 3.20. The molecule has 1 heterocycles. The SMILES string of the molecule is Cc1ccc(C(=O)N/N=C/c2ccc3c(ccn3Cc3cccc(F)c3)c2)cc1. The molecule has 0 aliphatic heterocycles. The number of hydrazone groups is 1. The molecule has 0 aliphatic rings. The average Bonchev–Trinajstić information content (AvgIpc) is 3.10. The van der Waals surface area contributed by atoms with Crippen molar-refractivity contribution in [3.8, 4) is 0 Å². The van der Waals surface area contributed by atoms with Gasteiger partial charge >= 0.3 is 0 Å². The molecule has 4 rings (SSSR count). The fraction of sp³-hybridized carbons (Fsp3) is 0.0833. The number of carbonyl (C=O) groups is 1. The van der Waals surface area contributed by atoms with E-state index < -0.39 is 0 Å². The molecule has 0 fully saturated rings. The maximum atomic E-state index is 13.4. The van der Waals surface area contributed by atoms with Gasteiger partial charge in [-0.15, -0.1) is 0 Å². The first-order valence-corrected chi connectivity index (χ1v) is 9.32. The van der Waals surface area contributed by atoms with E-state index in [-0.39, 0.29) is 11.7 Å². The molecule has 5 heteroatoms. The lowest BCUT2D eigenvalue weighted by Crippen LogP contribution is -2.17. The number of halogens is 1. The van der Waals surface area contributed by atoms with Crippen molar-refractivity contribution in [1.82, 2.24) is 9.99 Å². The molecule has 0 spiro atoms. The minimum absolute atomic E-state index is 0.231. The molecular formula is C24H20FN3O. The summed E-state index contributed by atoms with van der Waals surface area (Å²) < 4.78 is 15.5. The Balaban J connectivity index is 1.46. The molecule has 1 N–H and O–H groups in total. The molecule has 0 saturated heterocycles. The number of hydrogen-bond donors (Lipinski definition) is 1. The van der Waals surface area contributed by atoms with Gasteiger partial charge in [0, 0.05) is 29.2 Å². The van der Waals surface area contributed by atoms with Gasteiger partial charge in [0.1, 0.15) is 5.82 Å². The van der Waals surface area contributed by atoms with Gasteiger partial charge in [0.2, 0.25) is 0 Å². The van der Waals surface area contributed by atoms with Crippen LogP contribution in [0.15, 0.2) is 84.1 Å². The second kappa shape index (κ2) is 8.10. The van der Waals surface area contributed by atoms with E-state index in [1.807, 2.05) is 55.6 Å². The molecule has 1 amide bonds. The Labute approximate surface area is 168 Å². The first-order valence-electron chi connectivity index (χ1n) is 9.32. The maximum Gasteiger partial charge on any atom is 0.271 e. The van der Waals surface area contributed by atoms with Crippen LogP contribution >= 0.6 is 0 Å². The molecule has 0 aliphatic carbocycles. The zero-order chi connectivity index (χ0) is 20.2. The zero-order valence-electron chi connectivity index (χ0n) is 16.0. The van der Waals surface area contributed by atoms with Crippen molar-refractivity contribution in [3.63, 3.8) is 0 Å². The molecule has 144 valence electrons. The Bertz CT molecular complexity index is 1190. The summed E-state index contributed by atoms with van der Waals surface area (Å²) in [6, 6.07) is 21.9. The van der Waals surface area contributed by atoms with Gasteiger partial charge in [-0.2, -0.15) is 5.10 Å². The molecule has 4 aromatic rings. The largest absolute Gasteiger partial charge is 0.343 e. The highest BCUT2D eigenvalue weighted by Crippen LogP contribution is 2.19. The number of carbonyl (C=O) groups excluding carboxylic acids is 1. The van der Waals surface area contributed by atoms with Crippen LogP contribution in [0.5, 0.6) is 0 Å². The summed E-state index contributed by atoms with van der Waals surface area (Å²) in [6.07, 6.45) is 3.60. The van der Waals surface area contributed by atoms with Gasteiger partial charge in [0.05, 0.1) is 6.21 Å². The fourth-order valence-corrected chi connectivity index (χ4v) is 3.20. The zero-order valence-corrected chi connectivity index (χ0v) is 16.0. The predicted molar refractivity (Wildman–Crippen MR) is 114 cm³/mol. The topological polar surface area (TPSA) is 46.4 Å². The van der Waals surface area contributed by atoms with Crippen molar-refractivity contribution in [2.75, 3.05) is 0 Å². The van der Waals surface area contributed by atoms with Gasteiger partial charge in [0.25, 0.3) is 5.91 Å². The smallest absolute Gasteiger partial charge is 0.271 e. The number of nitrogens with one attached hydrogen (secondary N) is 1. The van der Waals surface area contributed by atoms with Gasteiger partial charge in [-0.05, 0) is 60.5 Å². The van der Waals surface area contributed by atoms with Crippen LogP contribution in [0, 0.1) is 12.7 Å². The third-order valence-electron chi connectivity index (χ3n) is 4.73. The van der Waals surface area contributed by atoms with Crippen LogP contribution in [0.4, 0.5) is 4.39 Å². The number of amides is 1. The van der Waals surface area contributed by atoms with Crippen molar-refractivity contribution in [2.45, 2.75) is 13.5 Å². The summed E-state index contributed by atoms with van der Waals surface area (Å²) in [5.74, 6) is -0.478.